The van der Waals surface area contributed by atoms with E-state index in [1.807, 2.05) is 30.3 Å². The van der Waals surface area contributed by atoms with Crippen molar-refractivity contribution in [2.45, 2.75) is 32.1 Å². The Balaban J connectivity index is 1.68. The van der Waals surface area contributed by atoms with Crippen molar-refractivity contribution in [2.24, 2.45) is 0 Å². The summed E-state index contributed by atoms with van der Waals surface area (Å²) in [6.07, 6.45) is 5.86. The average Bonchev–Trinajstić information content (AvgIpc) is 2.92. The first-order valence-electron chi connectivity index (χ1n) is 7.22. The van der Waals surface area contributed by atoms with Crippen molar-refractivity contribution in [2.75, 3.05) is 5.75 Å². The van der Waals surface area contributed by atoms with Crippen molar-refractivity contribution in [3.63, 3.8) is 0 Å². The molecular weight excluding hydrogens is 370 g/mol. The Labute approximate surface area is 141 Å². The number of hydrogen-bond acceptors (Lipinski definition) is 4. The molecule has 1 unspecified atom stereocenters. The van der Waals surface area contributed by atoms with Gasteiger partial charge in [-0.2, -0.15) is 0 Å². The van der Waals surface area contributed by atoms with E-state index in [4.69, 9.17) is 14.3 Å². The third kappa shape index (κ3) is 5.90. The quantitative estimate of drug-likeness (QED) is 0.353. The van der Waals surface area contributed by atoms with Crippen LogP contribution in [-0.2, 0) is 14.0 Å². The number of unbranched alkanes of at least 4 members (excludes halogenated alkanes) is 3. The first-order valence-corrected chi connectivity index (χ1v) is 9.46. The van der Waals surface area contributed by atoms with Crippen LogP contribution in [0.1, 0.15) is 37.7 Å². The average molecular weight is 390 g/mol. The lowest BCUT2D eigenvalue weighted by atomic mass is 10.2. The number of nitrogens with one attached hydrogen (secondary N) is 1. The molecule has 0 amide bonds. The number of carboxylic acids is 1. The fourth-order valence-corrected chi connectivity index (χ4v) is 3.66. The molecule has 2 N–H and O–H groups in total. The van der Waals surface area contributed by atoms with E-state index < -0.39 is 17.3 Å². The number of thiol groups is 1. The molecule has 1 aromatic rings. The van der Waals surface area contributed by atoms with Crippen molar-refractivity contribution < 1.29 is 19.1 Å². The molecule has 122 valence electrons. The Morgan fingerprint density at radius 2 is 2.05 bits per heavy atom. The second-order valence-corrected chi connectivity index (χ2v) is 7.39. The second-order valence-electron chi connectivity index (χ2n) is 4.96. The van der Waals surface area contributed by atoms with Gasteiger partial charge in [0.1, 0.15) is 0 Å². The van der Waals surface area contributed by atoms with Crippen LogP contribution in [0.25, 0.3) is 6.08 Å². The molecule has 0 saturated carbocycles. The van der Waals surface area contributed by atoms with Crippen LogP contribution in [-0.4, -0.2) is 16.8 Å². The number of benzene rings is 1. The smallest absolute Gasteiger partial charge is 0.303 e. The summed E-state index contributed by atoms with van der Waals surface area (Å²) in [6.45, 7) is 0. The van der Waals surface area contributed by atoms with Crippen LogP contribution in [0.4, 0.5) is 0 Å². The number of carboxylic acid groups (broad SMARTS) is 1. The van der Waals surface area contributed by atoms with Crippen LogP contribution < -0.4 is 4.72 Å². The lowest BCUT2D eigenvalue weighted by molar-refractivity contribution is -0.137. The van der Waals surface area contributed by atoms with Gasteiger partial charge in [-0.05, 0) is 35.8 Å². The minimum atomic E-state index is -0.796. The van der Waals surface area contributed by atoms with Gasteiger partial charge in [0.2, 0.25) is 5.88 Å². The Hall–Kier alpha value is -1.18. The van der Waals surface area contributed by atoms with Crippen molar-refractivity contribution in [3.8, 4) is 0 Å². The standard InChI is InChI=1S/C15H20BrNO4S/c16-13-8-5-4-7-12(13)11-14-17-22(21-20-14)10-6-2-1-3-9-15(18)19/h4-5,7-8,11,17,22H,1-3,6,9-10H2,(H,18,19)/b14-11-. The third-order valence-corrected chi connectivity index (χ3v) is 5.31. The summed E-state index contributed by atoms with van der Waals surface area (Å²) < 4.78 is 9.54. The van der Waals surface area contributed by atoms with Gasteiger partial charge in [0, 0.05) is 22.7 Å². The maximum atomic E-state index is 10.4. The fraction of sp³-hybridized carbons (Fsp3) is 0.400. The first kappa shape index (κ1) is 17.2. The SMILES string of the molecule is O=C(O)CCCCCC[SH]1N/C(=C/c2ccccc2Br)OO1. The van der Waals surface area contributed by atoms with Gasteiger partial charge in [-0.3, -0.25) is 9.52 Å². The minimum Gasteiger partial charge on any atom is -0.481 e. The van der Waals surface area contributed by atoms with E-state index in [9.17, 15) is 4.79 Å². The second kappa shape index (κ2) is 9.07. The van der Waals surface area contributed by atoms with Gasteiger partial charge < -0.3 is 9.99 Å². The summed E-state index contributed by atoms with van der Waals surface area (Å²) in [5.74, 6) is 0.805. The monoisotopic (exact) mass is 389 g/mol. The van der Waals surface area contributed by atoms with E-state index in [1.54, 1.807) is 0 Å². The number of carbonyl (C=O) groups is 1. The zero-order valence-electron chi connectivity index (χ0n) is 12.1. The Morgan fingerprint density at radius 1 is 1.27 bits per heavy atom. The highest BCUT2D eigenvalue weighted by atomic mass is 79.9. The Morgan fingerprint density at radius 3 is 2.82 bits per heavy atom. The van der Waals surface area contributed by atoms with Gasteiger partial charge in [0.25, 0.3) is 0 Å². The molecule has 1 aromatic carbocycles. The summed E-state index contributed by atoms with van der Waals surface area (Å²) in [7, 11) is 0. The molecule has 1 heterocycles. The molecule has 0 spiro atoms. The number of rotatable bonds is 8. The lowest BCUT2D eigenvalue weighted by Gasteiger charge is -2.09. The summed E-state index contributed by atoms with van der Waals surface area (Å²) >= 11 is 2.69. The van der Waals surface area contributed by atoms with Crippen molar-refractivity contribution in [1.29, 1.82) is 0 Å². The van der Waals surface area contributed by atoms with Crippen LogP contribution in [0.3, 0.4) is 0 Å². The highest BCUT2D eigenvalue weighted by Gasteiger charge is 2.17. The predicted molar refractivity (Wildman–Crippen MR) is 92.0 cm³/mol. The van der Waals surface area contributed by atoms with Gasteiger partial charge in [0.05, 0.1) is 0 Å². The predicted octanol–water partition coefficient (Wildman–Crippen LogP) is 4.17. The molecule has 1 saturated heterocycles. The van der Waals surface area contributed by atoms with Crippen LogP contribution in [0.15, 0.2) is 34.6 Å². The highest BCUT2D eigenvalue weighted by molar-refractivity contribution is 9.10. The number of hydrogen-bond donors (Lipinski definition) is 3. The summed E-state index contributed by atoms with van der Waals surface area (Å²) in [5.41, 5.74) is 1.03. The number of halogens is 1. The Bertz CT molecular complexity index is 538. The topological polar surface area (TPSA) is 67.8 Å². The number of aliphatic carboxylic acids is 1. The fourth-order valence-electron chi connectivity index (χ4n) is 2.01. The molecule has 0 radical (unpaired) electrons. The maximum absolute atomic E-state index is 10.4. The van der Waals surface area contributed by atoms with Gasteiger partial charge in [-0.1, -0.05) is 47.0 Å². The van der Waals surface area contributed by atoms with E-state index in [1.165, 1.54) is 0 Å². The summed E-state index contributed by atoms with van der Waals surface area (Å²) in [4.78, 5) is 15.6. The molecule has 5 nitrogen and oxygen atoms in total. The molecule has 0 bridgehead atoms. The molecule has 0 aromatic heterocycles. The van der Waals surface area contributed by atoms with Crippen molar-refractivity contribution in [3.05, 3.63) is 40.2 Å². The van der Waals surface area contributed by atoms with E-state index in [0.29, 0.717) is 5.88 Å². The largest absolute Gasteiger partial charge is 0.481 e. The molecule has 1 aliphatic rings. The molecule has 7 heteroatoms. The van der Waals surface area contributed by atoms with Crippen molar-refractivity contribution in [1.82, 2.24) is 4.72 Å². The molecule has 22 heavy (non-hydrogen) atoms. The Kier molecular flexibility index (Phi) is 7.08. The van der Waals surface area contributed by atoms with Crippen LogP contribution in [0, 0.1) is 0 Å². The van der Waals surface area contributed by atoms with Crippen LogP contribution in [0.2, 0.25) is 0 Å². The molecule has 1 atom stereocenters. The van der Waals surface area contributed by atoms with Gasteiger partial charge in [0.15, 0.2) is 0 Å². The minimum absolute atomic E-state index is 0.255. The zero-order valence-corrected chi connectivity index (χ0v) is 14.6. The van der Waals surface area contributed by atoms with Crippen LogP contribution in [0.5, 0.6) is 0 Å². The third-order valence-electron chi connectivity index (χ3n) is 3.15. The van der Waals surface area contributed by atoms with Gasteiger partial charge >= 0.3 is 5.97 Å². The zero-order chi connectivity index (χ0) is 15.8. The van der Waals surface area contributed by atoms with Gasteiger partial charge in [-0.25, -0.2) is 0 Å². The van der Waals surface area contributed by atoms with Gasteiger partial charge in [-0.15, -0.1) is 4.33 Å². The molecule has 0 aliphatic carbocycles. The highest BCUT2D eigenvalue weighted by Crippen LogP contribution is 2.34. The van der Waals surface area contributed by atoms with Crippen LogP contribution >= 0.6 is 27.3 Å². The first-order chi connectivity index (χ1) is 10.6. The summed E-state index contributed by atoms with van der Waals surface area (Å²) in [6, 6.07) is 7.89. The molecular formula is C15H20BrNO4S. The van der Waals surface area contributed by atoms with E-state index >= 15 is 0 Å². The molecule has 1 aliphatic heterocycles. The normalized spacial score (nSPS) is 20.6. The van der Waals surface area contributed by atoms with E-state index in [2.05, 4.69) is 20.7 Å². The van der Waals surface area contributed by atoms with E-state index in [0.717, 1.165) is 41.5 Å². The van der Waals surface area contributed by atoms with Crippen molar-refractivity contribution >= 4 is 39.3 Å². The maximum Gasteiger partial charge on any atom is 0.303 e. The lowest BCUT2D eigenvalue weighted by Crippen LogP contribution is -2.03. The molecule has 2 rings (SSSR count). The summed E-state index contributed by atoms with van der Waals surface area (Å²) in [5, 5.41) is 8.56. The molecule has 1 fully saturated rings. The van der Waals surface area contributed by atoms with E-state index in [-0.39, 0.29) is 6.42 Å².